The highest BCUT2D eigenvalue weighted by Crippen LogP contribution is 2.37. The van der Waals surface area contributed by atoms with Crippen LogP contribution in [0.15, 0.2) is 40.3 Å². The second-order valence-electron chi connectivity index (χ2n) is 7.23. The number of hydrogen-bond donors (Lipinski definition) is 1. The molecular formula is C20H24N6O2S. The molecule has 0 spiro atoms. The summed E-state index contributed by atoms with van der Waals surface area (Å²) < 4.78 is 7.08. The molecule has 0 bridgehead atoms. The number of benzene rings is 1. The van der Waals surface area contributed by atoms with Crippen LogP contribution in [0, 0.1) is 6.92 Å². The molecular weight excluding hydrogens is 388 g/mol. The molecule has 1 saturated carbocycles. The van der Waals surface area contributed by atoms with E-state index in [2.05, 4.69) is 38.6 Å². The number of hydrogen-bond acceptors (Lipinski definition) is 7. The van der Waals surface area contributed by atoms with Gasteiger partial charge >= 0.3 is 0 Å². The molecule has 0 radical (unpaired) electrons. The summed E-state index contributed by atoms with van der Waals surface area (Å²) >= 11 is 1.37. The molecule has 1 aliphatic carbocycles. The summed E-state index contributed by atoms with van der Waals surface area (Å²) in [6, 6.07) is 8.14. The summed E-state index contributed by atoms with van der Waals surface area (Å²) in [7, 11) is 0. The van der Waals surface area contributed by atoms with Crippen LogP contribution < -0.4 is 5.32 Å². The van der Waals surface area contributed by atoms with Crippen molar-refractivity contribution in [1.82, 2.24) is 30.2 Å². The van der Waals surface area contributed by atoms with Crippen molar-refractivity contribution in [2.75, 3.05) is 5.75 Å². The minimum Gasteiger partial charge on any atom is -0.342 e. The van der Waals surface area contributed by atoms with Crippen LogP contribution >= 0.6 is 11.8 Å². The lowest BCUT2D eigenvalue weighted by Gasteiger charge is -2.26. The van der Waals surface area contributed by atoms with Crippen molar-refractivity contribution < 1.29 is 9.32 Å². The molecule has 0 saturated heterocycles. The minimum atomic E-state index is -0.530. The van der Waals surface area contributed by atoms with Gasteiger partial charge < -0.3 is 9.84 Å². The molecule has 1 fully saturated rings. The zero-order valence-corrected chi connectivity index (χ0v) is 17.4. The first-order valence-electron chi connectivity index (χ1n) is 9.84. The van der Waals surface area contributed by atoms with Crippen LogP contribution in [0.2, 0.25) is 0 Å². The van der Waals surface area contributed by atoms with Gasteiger partial charge in [-0.15, -0.1) is 10.2 Å². The Morgan fingerprint density at radius 3 is 2.83 bits per heavy atom. The van der Waals surface area contributed by atoms with Crippen molar-refractivity contribution in [3.8, 4) is 5.69 Å². The molecule has 0 aliphatic heterocycles. The molecule has 1 amide bonds. The Morgan fingerprint density at radius 1 is 1.31 bits per heavy atom. The summed E-state index contributed by atoms with van der Waals surface area (Å²) in [5.74, 6) is 1.26. The van der Waals surface area contributed by atoms with Crippen molar-refractivity contribution in [2.24, 2.45) is 0 Å². The maximum atomic E-state index is 12.8. The number of aromatic nitrogens is 5. The molecule has 1 aliphatic rings. The number of nitrogens with one attached hydrogen (secondary N) is 1. The number of thioether (sulfide) groups is 1. The molecule has 2 heterocycles. The van der Waals surface area contributed by atoms with Crippen molar-refractivity contribution in [2.45, 2.75) is 56.6 Å². The SMILES string of the molecule is CCc1ccccc1-n1cnnc1SCC(=O)NC1(c2noc(C)n2)CCCC1. The first-order valence-corrected chi connectivity index (χ1v) is 10.8. The van der Waals surface area contributed by atoms with Crippen LogP contribution in [-0.4, -0.2) is 36.6 Å². The Balaban J connectivity index is 1.46. The van der Waals surface area contributed by atoms with E-state index in [1.807, 2.05) is 22.8 Å². The number of nitrogens with zero attached hydrogens (tertiary/aromatic N) is 5. The largest absolute Gasteiger partial charge is 0.342 e. The molecule has 1 N–H and O–H groups in total. The van der Waals surface area contributed by atoms with Gasteiger partial charge in [0.1, 0.15) is 11.9 Å². The van der Waals surface area contributed by atoms with Crippen LogP contribution in [0.25, 0.3) is 5.69 Å². The molecule has 9 heteroatoms. The van der Waals surface area contributed by atoms with Crippen LogP contribution in [0.5, 0.6) is 0 Å². The van der Waals surface area contributed by atoms with Gasteiger partial charge in [0.25, 0.3) is 0 Å². The molecule has 29 heavy (non-hydrogen) atoms. The number of carbonyl (C=O) groups excluding carboxylic acids is 1. The second-order valence-corrected chi connectivity index (χ2v) is 8.17. The van der Waals surface area contributed by atoms with Gasteiger partial charge in [-0.3, -0.25) is 9.36 Å². The number of rotatable bonds is 7. The lowest BCUT2D eigenvalue weighted by Crippen LogP contribution is -2.45. The van der Waals surface area contributed by atoms with Crippen LogP contribution in [0.4, 0.5) is 0 Å². The van der Waals surface area contributed by atoms with Crippen molar-refractivity contribution in [3.63, 3.8) is 0 Å². The zero-order valence-electron chi connectivity index (χ0n) is 16.6. The second kappa shape index (κ2) is 8.36. The zero-order chi connectivity index (χ0) is 20.3. The van der Waals surface area contributed by atoms with Crippen LogP contribution in [0.1, 0.15) is 49.9 Å². The maximum absolute atomic E-state index is 12.8. The van der Waals surface area contributed by atoms with Crippen molar-refractivity contribution >= 4 is 17.7 Å². The Hall–Kier alpha value is -2.68. The Morgan fingerprint density at radius 2 is 2.10 bits per heavy atom. The smallest absolute Gasteiger partial charge is 0.231 e. The van der Waals surface area contributed by atoms with E-state index in [9.17, 15) is 4.79 Å². The number of aryl methyl sites for hydroxylation is 2. The van der Waals surface area contributed by atoms with E-state index < -0.39 is 5.54 Å². The lowest BCUT2D eigenvalue weighted by molar-refractivity contribution is -0.120. The molecule has 2 aromatic heterocycles. The summed E-state index contributed by atoms with van der Waals surface area (Å²) in [6.07, 6.45) is 6.30. The first-order chi connectivity index (χ1) is 14.1. The average Bonchev–Trinajstić information content (AvgIpc) is 3.47. The van der Waals surface area contributed by atoms with Crippen LogP contribution in [0.3, 0.4) is 0 Å². The minimum absolute atomic E-state index is 0.0716. The van der Waals surface area contributed by atoms with Gasteiger partial charge in [0.2, 0.25) is 11.8 Å². The Labute approximate surface area is 173 Å². The normalized spacial score (nSPS) is 15.5. The maximum Gasteiger partial charge on any atom is 0.231 e. The fourth-order valence-electron chi connectivity index (χ4n) is 3.84. The molecule has 3 aromatic rings. The van der Waals surface area contributed by atoms with E-state index in [1.54, 1.807) is 13.3 Å². The van der Waals surface area contributed by atoms with E-state index in [0.29, 0.717) is 16.9 Å². The van der Waals surface area contributed by atoms with Gasteiger partial charge in [-0.05, 0) is 30.9 Å². The number of para-hydroxylation sites is 1. The highest BCUT2D eigenvalue weighted by atomic mass is 32.2. The van der Waals surface area contributed by atoms with E-state index in [4.69, 9.17) is 4.52 Å². The average molecular weight is 413 g/mol. The highest BCUT2D eigenvalue weighted by molar-refractivity contribution is 7.99. The molecule has 0 unspecified atom stereocenters. The van der Waals surface area contributed by atoms with Gasteiger partial charge in [0, 0.05) is 6.92 Å². The standard InChI is InChI=1S/C20H24N6O2S/c1-3-15-8-4-5-9-16(15)26-13-21-24-19(26)29-12-17(27)23-20(10-6-7-11-20)18-22-14(2)28-25-18/h4-5,8-9,13H,3,6-7,10-12H2,1-2H3,(H,23,27). The molecule has 152 valence electrons. The predicted molar refractivity (Wildman–Crippen MR) is 109 cm³/mol. The third kappa shape index (κ3) is 4.05. The van der Waals surface area contributed by atoms with E-state index >= 15 is 0 Å². The molecule has 8 nitrogen and oxygen atoms in total. The Bertz CT molecular complexity index is 992. The predicted octanol–water partition coefficient (Wildman–Crippen LogP) is 3.20. The first kappa shape index (κ1) is 19.6. The third-order valence-corrected chi connectivity index (χ3v) is 6.22. The van der Waals surface area contributed by atoms with Gasteiger partial charge in [-0.2, -0.15) is 4.98 Å². The lowest BCUT2D eigenvalue weighted by atomic mass is 9.96. The summed E-state index contributed by atoms with van der Waals surface area (Å²) in [4.78, 5) is 17.1. The molecule has 4 rings (SSSR count). The van der Waals surface area contributed by atoms with E-state index in [-0.39, 0.29) is 11.7 Å². The van der Waals surface area contributed by atoms with Crippen molar-refractivity contribution in [3.05, 3.63) is 47.9 Å². The summed E-state index contributed by atoms with van der Waals surface area (Å²) in [6.45, 7) is 3.88. The quantitative estimate of drug-likeness (QED) is 0.595. The topological polar surface area (TPSA) is 98.7 Å². The number of amides is 1. The summed E-state index contributed by atoms with van der Waals surface area (Å²) in [5, 5.41) is 16.2. The molecule has 1 aromatic carbocycles. The van der Waals surface area contributed by atoms with Gasteiger partial charge in [-0.25, -0.2) is 0 Å². The number of carbonyl (C=O) groups is 1. The van der Waals surface area contributed by atoms with E-state index in [1.165, 1.54) is 17.3 Å². The van der Waals surface area contributed by atoms with E-state index in [0.717, 1.165) is 37.8 Å². The van der Waals surface area contributed by atoms with Gasteiger partial charge in [0.05, 0.1) is 11.4 Å². The highest BCUT2D eigenvalue weighted by Gasteiger charge is 2.41. The van der Waals surface area contributed by atoms with Gasteiger partial charge in [0.15, 0.2) is 11.0 Å². The van der Waals surface area contributed by atoms with Crippen LogP contribution in [-0.2, 0) is 16.8 Å². The third-order valence-electron chi connectivity index (χ3n) is 5.27. The van der Waals surface area contributed by atoms with Gasteiger partial charge in [-0.1, -0.05) is 54.9 Å². The summed E-state index contributed by atoms with van der Waals surface area (Å²) in [5.41, 5.74) is 1.71. The fraction of sp³-hybridized carbons (Fsp3) is 0.450. The molecule has 0 atom stereocenters. The van der Waals surface area contributed by atoms with Crippen molar-refractivity contribution in [1.29, 1.82) is 0 Å². The fourth-order valence-corrected chi connectivity index (χ4v) is 4.56. The monoisotopic (exact) mass is 412 g/mol. The Kier molecular flexibility index (Phi) is 5.66.